The molecular weight excluding hydrogens is 474 g/mol. The summed E-state index contributed by atoms with van der Waals surface area (Å²) >= 11 is 6.59. The molecule has 2 amide bonds. The highest BCUT2D eigenvalue weighted by Crippen LogP contribution is 2.33. The number of thiocarbonyl (C=S) groups is 1. The minimum atomic E-state index is -0.344. The Hall–Kier alpha value is -2.92. The lowest BCUT2D eigenvalue weighted by Gasteiger charge is -2.35. The van der Waals surface area contributed by atoms with Gasteiger partial charge in [0.1, 0.15) is 15.8 Å². The summed E-state index contributed by atoms with van der Waals surface area (Å²) in [4.78, 5) is 49.0. The maximum atomic E-state index is 13.6. The number of carbonyl (C=O) groups is 2. The van der Waals surface area contributed by atoms with E-state index in [1.165, 1.54) is 16.2 Å². The van der Waals surface area contributed by atoms with E-state index in [0.717, 1.165) is 12.0 Å². The molecule has 11 heteroatoms. The van der Waals surface area contributed by atoms with Gasteiger partial charge in [-0.1, -0.05) is 37.0 Å². The number of fused-ring (bicyclic) bond motifs is 1. The monoisotopic (exact) mass is 501 g/mol. The molecule has 4 heterocycles. The summed E-state index contributed by atoms with van der Waals surface area (Å²) in [6.45, 7) is 8.41. The molecule has 0 N–H and O–H groups in total. The van der Waals surface area contributed by atoms with Crippen LogP contribution in [0.2, 0.25) is 0 Å². The quantitative estimate of drug-likeness (QED) is 0.457. The van der Waals surface area contributed by atoms with Crippen molar-refractivity contribution in [3.05, 3.63) is 44.7 Å². The predicted molar refractivity (Wildman–Crippen MR) is 137 cm³/mol. The Morgan fingerprint density at radius 3 is 2.62 bits per heavy atom. The molecule has 0 aliphatic carbocycles. The molecule has 2 aromatic heterocycles. The first-order chi connectivity index (χ1) is 16.3. The van der Waals surface area contributed by atoms with E-state index in [9.17, 15) is 14.4 Å². The number of ether oxygens (including phenoxy) is 1. The van der Waals surface area contributed by atoms with Crippen LogP contribution < -0.4 is 10.5 Å². The topological polar surface area (TPSA) is 87.5 Å². The van der Waals surface area contributed by atoms with E-state index in [-0.39, 0.29) is 17.6 Å². The maximum Gasteiger partial charge on any atom is 0.409 e. The van der Waals surface area contributed by atoms with Gasteiger partial charge in [0, 0.05) is 38.9 Å². The van der Waals surface area contributed by atoms with Crippen LogP contribution in [0.4, 0.5) is 10.6 Å². The highest BCUT2D eigenvalue weighted by Gasteiger charge is 2.33. The molecule has 0 aromatic carbocycles. The van der Waals surface area contributed by atoms with Crippen molar-refractivity contribution in [3.63, 3.8) is 0 Å². The van der Waals surface area contributed by atoms with Crippen LogP contribution in [-0.2, 0) is 9.53 Å². The van der Waals surface area contributed by atoms with E-state index in [1.807, 2.05) is 24.8 Å². The Balaban J connectivity index is 1.75. The Labute approximate surface area is 207 Å². The average molecular weight is 502 g/mol. The van der Waals surface area contributed by atoms with Gasteiger partial charge in [0.05, 0.1) is 17.1 Å². The van der Waals surface area contributed by atoms with Crippen molar-refractivity contribution in [2.24, 2.45) is 0 Å². The third kappa shape index (κ3) is 4.67. The maximum absolute atomic E-state index is 13.6. The van der Waals surface area contributed by atoms with Gasteiger partial charge in [0.15, 0.2) is 0 Å². The zero-order valence-electron chi connectivity index (χ0n) is 19.4. The molecule has 2 saturated heterocycles. The molecule has 2 fully saturated rings. The second kappa shape index (κ2) is 10.1. The van der Waals surface area contributed by atoms with Gasteiger partial charge in [0.2, 0.25) is 0 Å². The largest absolute Gasteiger partial charge is 0.450 e. The summed E-state index contributed by atoms with van der Waals surface area (Å²) in [6, 6.07) is 3.71. The molecule has 0 spiro atoms. The Morgan fingerprint density at radius 2 is 1.94 bits per heavy atom. The third-order valence-corrected chi connectivity index (χ3v) is 7.06. The molecule has 0 atom stereocenters. The number of thioether (sulfide) groups is 1. The fraction of sp³-hybridized carbons (Fsp3) is 0.435. The lowest BCUT2D eigenvalue weighted by molar-refractivity contribution is -0.122. The molecule has 0 saturated carbocycles. The van der Waals surface area contributed by atoms with Crippen molar-refractivity contribution in [1.29, 1.82) is 0 Å². The number of pyridine rings is 1. The average Bonchev–Trinajstić information content (AvgIpc) is 3.09. The van der Waals surface area contributed by atoms with E-state index in [4.69, 9.17) is 21.9 Å². The lowest BCUT2D eigenvalue weighted by Crippen LogP contribution is -2.49. The Bertz CT molecular complexity index is 1230. The first kappa shape index (κ1) is 24.2. The van der Waals surface area contributed by atoms with E-state index in [2.05, 4.69) is 0 Å². The van der Waals surface area contributed by atoms with Crippen LogP contribution in [0.5, 0.6) is 0 Å². The molecular formula is C23H27N5O4S2. The van der Waals surface area contributed by atoms with Gasteiger partial charge in [-0.05, 0) is 38.0 Å². The van der Waals surface area contributed by atoms with E-state index in [0.29, 0.717) is 65.6 Å². The van der Waals surface area contributed by atoms with E-state index < -0.39 is 0 Å². The van der Waals surface area contributed by atoms with Crippen molar-refractivity contribution < 1.29 is 14.3 Å². The number of rotatable bonds is 5. The minimum absolute atomic E-state index is 0.191. The van der Waals surface area contributed by atoms with E-state index in [1.54, 1.807) is 35.1 Å². The fourth-order valence-electron chi connectivity index (χ4n) is 3.98. The summed E-state index contributed by atoms with van der Waals surface area (Å²) in [5.41, 5.74) is 1.53. The summed E-state index contributed by atoms with van der Waals surface area (Å²) in [5.74, 6) is 0.307. The van der Waals surface area contributed by atoms with Crippen LogP contribution in [-0.4, -0.2) is 74.8 Å². The fourth-order valence-corrected chi connectivity index (χ4v) is 5.27. The van der Waals surface area contributed by atoms with E-state index >= 15 is 0 Å². The number of amides is 2. The minimum Gasteiger partial charge on any atom is -0.450 e. The SMILES string of the molecule is CCCN1C(=O)/C(=C\c2c(N3CCN(C(=O)OCC)CC3)nc3ccc(C)cn3c2=O)SC1=S. The lowest BCUT2D eigenvalue weighted by atomic mass is 10.2. The smallest absolute Gasteiger partial charge is 0.409 e. The van der Waals surface area contributed by atoms with Crippen LogP contribution in [0.1, 0.15) is 31.4 Å². The molecule has 2 aliphatic heterocycles. The van der Waals surface area contributed by atoms with Crippen LogP contribution in [0.15, 0.2) is 28.0 Å². The summed E-state index contributed by atoms with van der Waals surface area (Å²) in [6.07, 6.45) is 3.80. The Morgan fingerprint density at radius 1 is 1.21 bits per heavy atom. The van der Waals surface area contributed by atoms with Crippen LogP contribution in [0.3, 0.4) is 0 Å². The van der Waals surface area contributed by atoms with Gasteiger partial charge in [-0.2, -0.15) is 0 Å². The molecule has 180 valence electrons. The summed E-state index contributed by atoms with van der Waals surface area (Å²) < 4.78 is 7.11. The van der Waals surface area contributed by atoms with Crippen molar-refractivity contribution in [2.45, 2.75) is 27.2 Å². The van der Waals surface area contributed by atoms with Gasteiger partial charge < -0.3 is 14.5 Å². The molecule has 2 aliphatic rings. The molecule has 4 rings (SSSR count). The third-order valence-electron chi connectivity index (χ3n) is 5.69. The molecule has 0 unspecified atom stereocenters. The summed E-state index contributed by atoms with van der Waals surface area (Å²) in [5, 5.41) is 0. The zero-order valence-corrected chi connectivity index (χ0v) is 21.1. The van der Waals surface area contributed by atoms with Crippen LogP contribution in [0.25, 0.3) is 11.7 Å². The van der Waals surface area contributed by atoms with Gasteiger partial charge in [-0.15, -0.1) is 0 Å². The van der Waals surface area contributed by atoms with Gasteiger partial charge in [-0.25, -0.2) is 9.78 Å². The second-order valence-corrected chi connectivity index (χ2v) is 9.77. The Kier molecular flexibility index (Phi) is 7.22. The van der Waals surface area contributed by atoms with Crippen molar-refractivity contribution in [1.82, 2.24) is 19.2 Å². The predicted octanol–water partition coefficient (Wildman–Crippen LogP) is 2.89. The molecule has 34 heavy (non-hydrogen) atoms. The number of aromatic nitrogens is 2. The normalized spacial score (nSPS) is 17.9. The first-order valence-corrected chi connectivity index (χ1v) is 12.5. The molecule has 9 nitrogen and oxygen atoms in total. The zero-order chi connectivity index (χ0) is 24.4. The van der Waals surface area contributed by atoms with Crippen molar-refractivity contribution >= 4 is 57.8 Å². The number of hydrogen-bond donors (Lipinski definition) is 0. The van der Waals surface area contributed by atoms with Crippen molar-refractivity contribution in [3.8, 4) is 0 Å². The van der Waals surface area contributed by atoms with Gasteiger partial charge in [0.25, 0.3) is 11.5 Å². The van der Waals surface area contributed by atoms with Gasteiger partial charge in [-0.3, -0.25) is 18.9 Å². The molecule has 0 bridgehead atoms. The highest BCUT2D eigenvalue weighted by molar-refractivity contribution is 8.26. The standard InChI is InChI=1S/C23H27N5O4S2/c1-4-8-27-21(30)17(34-23(27)33)13-16-19(24-18-7-6-15(3)14-28(18)20(16)29)25-9-11-26(12-10-25)22(31)32-5-2/h6-7,13-14H,4-5,8-12H2,1-3H3/b17-13+. The first-order valence-electron chi connectivity index (χ1n) is 11.3. The summed E-state index contributed by atoms with van der Waals surface area (Å²) in [7, 11) is 0. The number of carbonyl (C=O) groups excluding carboxylic acids is 2. The highest BCUT2D eigenvalue weighted by atomic mass is 32.2. The number of piperazine rings is 1. The van der Waals surface area contributed by atoms with Gasteiger partial charge >= 0.3 is 6.09 Å². The number of anilines is 1. The van der Waals surface area contributed by atoms with Crippen LogP contribution >= 0.6 is 24.0 Å². The van der Waals surface area contributed by atoms with Crippen molar-refractivity contribution in [2.75, 3.05) is 44.2 Å². The molecule has 2 aromatic rings. The number of aryl methyl sites for hydroxylation is 1. The second-order valence-electron chi connectivity index (χ2n) is 8.10. The van der Waals surface area contributed by atoms with Crippen LogP contribution in [0, 0.1) is 6.92 Å². The number of hydrogen-bond acceptors (Lipinski definition) is 8. The number of nitrogens with zero attached hydrogens (tertiary/aromatic N) is 5. The molecule has 0 radical (unpaired) electrons.